The van der Waals surface area contributed by atoms with E-state index in [4.69, 9.17) is 4.42 Å². The van der Waals surface area contributed by atoms with Crippen molar-refractivity contribution in [1.29, 1.82) is 0 Å². The van der Waals surface area contributed by atoms with Gasteiger partial charge in [-0.3, -0.25) is 9.59 Å². The molecular weight excluding hydrogens is 534 g/mol. The van der Waals surface area contributed by atoms with Gasteiger partial charge in [0.2, 0.25) is 21.8 Å². The number of furan rings is 1. The van der Waals surface area contributed by atoms with Crippen molar-refractivity contribution in [2.45, 2.75) is 49.8 Å². The first-order chi connectivity index (χ1) is 18.8. The van der Waals surface area contributed by atoms with Gasteiger partial charge in [0.05, 0.1) is 24.2 Å². The van der Waals surface area contributed by atoms with Gasteiger partial charge in [-0.25, -0.2) is 8.42 Å². The van der Waals surface area contributed by atoms with Gasteiger partial charge in [-0.2, -0.15) is 4.31 Å². The zero-order chi connectivity index (χ0) is 27.1. The van der Waals surface area contributed by atoms with Gasteiger partial charge in [-0.05, 0) is 64.4 Å². The summed E-state index contributed by atoms with van der Waals surface area (Å²) in [5, 5.41) is 4.77. The number of carbonyl (C=O) groups excluding carboxylic acids is 2. The van der Waals surface area contributed by atoms with Crippen LogP contribution >= 0.6 is 11.3 Å². The monoisotopic (exact) mass is 561 g/mol. The van der Waals surface area contributed by atoms with Crippen molar-refractivity contribution in [2.75, 3.05) is 5.32 Å². The molecule has 0 aliphatic carbocycles. The minimum atomic E-state index is -4.08. The zero-order valence-corrected chi connectivity index (χ0v) is 22.9. The summed E-state index contributed by atoms with van der Waals surface area (Å²) in [6, 6.07) is 18.6. The highest BCUT2D eigenvalue weighted by Gasteiger charge is 2.45. The molecule has 2 aromatic heterocycles. The smallest absolute Gasteiger partial charge is 0.246 e. The second kappa shape index (κ2) is 10.1. The van der Waals surface area contributed by atoms with Gasteiger partial charge >= 0.3 is 0 Å². The van der Waals surface area contributed by atoms with Gasteiger partial charge in [0.15, 0.2) is 0 Å². The molecule has 39 heavy (non-hydrogen) atoms. The normalized spacial score (nSPS) is 18.8. The third-order valence-corrected chi connectivity index (χ3v) is 9.96. The predicted octanol–water partition coefficient (Wildman–Crippen LogP) is 5.26. The van der Waals surface area contributed by atoms with E-state index in [-0.39, 0.29) is 42.1 Å². The van der Waals surface area contributed by atoms with Crippen molar-refractivity contribution < 1.29 is 22.4 Å². The van der Waals surface area contributed by atoms with Crippen LogP contribution in [0.1, 0.15) is 52.6 Å². The third kappa shape index (κ3) is 4.80. The van der Waals surface area contributed by atoms with Gasteiger partial charge in [0, 0.05) is 23.5 Å². The average molecular weight is 562 g/mol. The zero-order valence-electron chi connectivity index (χ0n) is 21.2. The lowest BCUT2D eigenvalue weighted by Gasteiger charge is -2.30. The highest BCUT2D eigenvalue weighted by atomic mass is 32.2. The third-order valence-electron chi connectivity index (χ3n) is 7.29. The van der Waals surface area contributed by atoms with Crippen molar-refractivity contribution in [3.63, 3.8) is 0 Å². The van der Waals surface area contributed by atoms with E-state index in [1.807, 2.05) is 48.7 Å². The Labute approximate surface area is 230 Å². The number of rotatable bonds is 7. The van der Waals surface area contributed by atoms with Crippen LogP contribution in [0.15, 0.2) is 87.7 Å². The van der Waals surface area contributed by atoms with Crippen LogP contribution in [-0.4, -0.2) is 29.4 Å². The molecule has 0 radical (unpaired) electrons. The van der Waals surface area contributed by atoms with Crippen LogP contribution < -0.4 is 5.32 Å². The molecule has 2 amide bonds. The molecule has 4 aromatic rings. The Morgan fingerprint density at radius 2 is 1.92 bits per heavy atom. The van der Waals surface area contributed by atoms with Crippen molar-refractivity contribution in [2.24, 2.45) is 0 Å². The van der Waals surface area contributed by atoms with E-state index in [0.29, 0.717) is 23.6 Å². The molecule has 10 heteroatoms. The molecule has 1 N–H and O–H groups in total. The largest absolute Gasteiger partial charge is 0.467 e. The summed E-state index contributed by atoms with van der Waals surface area (Å²) in [5.41, 5.74) is 2.87. The highest BCUT2D eigenvalue weighted by molar-refractivity contribution is 7.89. The number of hydrogen-bond acceptors (Lipinski definition) is 6. The van der Waals surface area contributed by atoms with Gasteiger partial charge in [0.25, 0.3) is 0 Å². The Morgan fingerprint density at radius 1 is 1.08 bits per heavy atom. The van der Waals surface area contributed by atoms with Crippen LogP contribution in [0.2, 0.25) is 0 Å². The number of hydrogen-bond donors (Lipinski definition) is 1. The summed E-state index contributed by atoms with van der Waals surface area (Å²) in [7, 11) is -4.08. The fourth-order valence-corrected chi connectivity index (χ4v) is 7.65. The van der Waals surface area contributed by atoms with E-state index in [1.165, 1.54) is 21.7 Å². The van der Waals surface area contributed by atoms with Crippen molar-refractivity contribution in [3.8, 4) is 0 Å². The number of amides is 2. The van der Waals surface area contributed by atoms with Crippen LogP contribution in [0.4, 0.5) is 5.69 Å². The number of carbonyl (C=O) groups is 2. The molecule has 6 rings (SSSR count). The summed E-state index contributed by atoms with van der Waals surface area (Å²) >= 11 is 1.54. The predicted molar refractivity (Wildman–Crippen MR) is 147 cm³/mol. The van der Waals surface area contributed by atoms with Gasteiger partial charge in [0.1, 0.15) is 11.8 Å². The maximum Gasteiger partial charge on any atom is 0.246 e. The second-order valence-electron chi connectivity index (χ2n) is 9.91. The lowest BCUT2D eigenvalue weighted by molar-refractivity contribution is -0.136. The number of nitrogens with one attached hydrogen (secondary N) is 1. The molecule has 0 saturated heterocycles. The molecule has 2 aliphatic rings. The molecule has 0 bridgehead atoms. The number of fused-ring (bicyclic) bond motifs is 2. The average Bonchev–Trinajstić information content (AvgIpc) is 3.69. The van der Waals surface area contributed by atoms with Gasteiger partial charge < -0.3 is 14.6 Å². The van der Waals surface area contributed by atoms with Crippen molar-refractivity contribution in [1.82, 2.24) is 9.21 Å². The SMILES string of the molecule is CC1CC(=O)Nc2ccc(S(=O)(=O)N3Cc4ccccc4C3C(=O)N(Cc3ccco3)Cc3cccs3)cc21. The summed E-state index contributed by atoms with van der Waals surface area (Å²) in [6.45, 7) is 2.54. The fraction of sp³-hybridized carbons (Fsp3) is 0.241. The van der Waals surface area contributed by atoms with Crippen LogP contribution in [0.5, 0.6) is 0 Å². The second-order valence-corrected chi connectivity index (χ2v) is 12.8. The molecule has 0 spiro atoms. The topological polar surface area (TPSA) is 99.9 Å². The van der Waals surface area contributed by atoms with E-state index in [0.717, 1.165) is 16.0 Å². The number of benzene rings is 2. The molecule has 0 fully saturated rings. The molecule has 2 atom stereocenters. The molecule has 200 valence electrons. The lowest BCUT2D eigenvalue weighted by Crippen LogP contribution is -2.41. The van der Waals surface area contributed by atoms with Gasteiger partial charge in [-0.1, -0.05) is 37.3 Å². The Morgan fingerprint density at radius 3 is 2.69 bits per heavy atom. The minimum absolute atomic E-state index is 0.0892. The Bertz CT molecular complexity index is 1590. The van der Waals surface area contributed by atoms with E-state index in [2.05, 4.69) is 5.32 Å². The quantitative estimate of drug-likeness (QED) is 0.332. The summed E-state index contributed by atoms with van der Waals surface area (Å²) < 4.78 is 35.2. The molecule has 8 nitrogen and oxygen atoms in total. The van der Waals surface area contributed by atoms with E-state index >= 15 is 0 Å². The molecule has 2 aliphatic heterocycles. The molecular formula is C29H27N3O5S2. The first-order valence-corrected chi connectivity index (χ1v) is 15.0. The first kappa shape index (κ1) is 25.5. The maximum absolute atomic E-state index is 14.3. The summed E-state index contributed by atoms with van der Waals surface area (Å²) in [6.07, 6.45) is 1.85. The number of thiophene rings is 1. The molecule has 4 heterocycles. The lowest BCUT2D eigenvalue weighted by atomic mass is 9.92. The maximum atomic E-state index is 14.3. The van der Waals surface area contributed by atoms with Crippen molar-refractivity contribution in [3.05, 3.63) is 106 Å². The first-order valence-electron chi connectivity index (χ1n) is 12.7. The number of anilines is 1. The van der Waals surface area contributed by atoms with Crippen LogP contribution in [0, 0.1) is 0 Å². The Hall–Kier alpha value is -3.73. The van der Waals surface area contributed by atoms with Crippen LogP contribution in [0.25, 0.3) is 0 Å². The van der Waals surface area contributed by atoms with Crippen molar-refractivity contribution >= 4 is 38.9 Å². The Balaban J connectivity index is 1.39. The standard InChI is InChI=1S/C29H27N3O5S2/c1-19-14-27(33)30-26-11-10-23(15-25(19)26)39(35,36)32-16-20-6-2-3-9-24(20)28(32)29(34)31(17-21-7-4-12-37-21)18-22-8-5-13-38-22/h2-13,15,19,28H,14,16-18H2,1H3,(H,30,33). The molecule has 0 saturated carbocycles. The van der Waals surface area contributed by atoms with Crippen LogP contribution in [0.3, 0.4) is 0 Å². The summed E-state index contributed by atoms with van der Waals surface area (Å²) in [5.74, 6) is 0.0959. The number of sulfonamides is 1. The van der Waals surface area contributed by atoms with Gasteiger partial charge in [-0.15, -0.1) is 11.3 Å². The minimum Gasteiger partial charge on any atom is -0.467 e. The summed E-state index contributed by atoms with van der Waals surface area (Å²) in [4.78, 5) is 29.0. The van der Waals surface area contributed by atoms with E-state index in [9.17, 15) is 18.0 Å². The molecule has 2 unspecified atom stereocenters. The Kier molecular flexibility index (Phi) is 6.62. The van der Waals surface area contributed by atoms with E-state index in [1.54, 1.807) is 35.4 Å². The fourth-order valence-electron chi connectivity index (χ4n) is 5.35. The number of nitrogens with zero attached hydrogens (tertiary/aromatic N) is 2. The highest BCUT2D eigenvalue weighted by Crippen LogP contribution is 2.41. The van der Waals surface area contributed by atoms with Crippen LogP contribution in [-0.2, 0) is 39.2 Å². The van der Waals surface area contributed by atoms with E-state index < -0.39 is 16.1 Å². The molecule has 2 aromatic carbocycles.